The molecule has 74 valence electrons. The summed E-state index contributed by atoms with van der Waals surface area (Å²) < 4.78 is 4.44. The highest BCUT2D eigenvalue weighted by molar-refractivity contribution is 5.82. The third kappa shape index (κ3) is 8.86. The summed E-state index contributed by atoms with van der Waals surface area (Å²) in [4.78, 5) is 10.6. The van der Waals surface area contributed by atoms with Crippen LogP contribution in [0.1, 0.15) is 32.6 Å². The first kappa shape index (κ1) is 11.9. The minimum absolute atomic E-state index is 0.307. The van der Waals surface area contributed by atoms with Gasteiger partial charge in [0, 0.05) is 6.08 Å². The molecule has 0 amide bonds. The predicted octanol–water partition coefficient (Wildman–Crippen LogP) is 2.85. The van der Waals surface area contributed by atoms with Crippen LogP contribution in [0.25, 0.3) is 0 Å². The molecule has 0 rings (SSSR count). The third-order valence-electron chi connectivity index (χ3n) is 1.66. The molecule has 0 aliphatic heterocycles. The molecular formula is C11H18O2. The van der Waals surface area contributed by atoms with Crippen molar-refractivity contribution in [2.75, 3.05) is 7.11 Å². The van der Waals surface area contributed by atoms with Gasteiger partial charge < -0.3 is 4.74 Å². The lowest BCUT2D eigenvalue weighted by Gasteiger charge is -1.90. The first-order valence-corrected chi connectivity index (χ1v) is 4.72. The molecule has 0 unspecified atom stereocenters. The highest BCUT2D eigenvalue weighted by Crippen LogP contribution is 1.99. The number of esters is 1. The number of unbranched alkanes of at least 4 members (excludes halogenated alkanes) is 3. The summed E-state index contributed by atoms with van der Waals surface area (Å²) in [6.07, 6.45) is 11.9. The van der Waals surface area contributed by atoms with Gasteiger partial charge >= 0.3 is 5.97 Å². The summed E-state index contributed by atoms with van der Waals surface area (Å²) in [5.41, 5.74) is 0. The molecule has 0 atom stereocenters. The molecule has 0 spiro atoms. The van der Waals surface area contributed by atoms with E-state index in [1.807, 2.05) is 6.08 Å². The molecule has 0 heterocycles. The summed E-state index contributed by atoms with van der Waals surface area (Å²) in [7, 11) is 1.37. The van der Waals surface area contributed by atoms with Crippen molar-refractivity contribution in [2.45, 2.75) is 32.6 Å². The van der Waals surface area contributed by atoms with Gasteiger partial charge in [-0.1, -0.05) is 38.0 Å². The average molecular weight is 182 g/mol. The Morgan fingerprint density at radius 3 is 2.69 bits per heavy atom. The van der Waals surface area contributed by atoms with Crippen LogP contribution in [0, 0.1) is 0 Å². The summed E-state index contributed by atoms with van der Waals surface area (Å²) in [5, 5.41) is 0. The van der Waals surface area contributed by atoms with Crippen LogP contribution >= 0.6 is 0 Å². The van der Waals surface area contributed by atoms with E-state index in [1.165, 1.54) is 32.4 Å². The van der Waals surface area contributed by atoms with Gasteiger partial charge in [-0.15, -0.1) is 0 Å². The topological polar surface area (TPSA) is 26.3 Å². The standard InChI is InChI=1S/C11H18O2/c1-3-4-5-6-7-8-9-10-11(12)13-2/h7-10H,3-6H2,1-2H3. The number of rotatable bonds is 6. The van der Waals surface area contributed by atoms with Crippen molar-refractivity contribution in [2.24, 2.45) is 0 Å². The van der Waals surface area contributed by atoms with Crippen LogP contribution in [0.3, 0.4) is 0 Å². The monoisotopic (exact) mass is 182 g/mol. The predicted molar refractivity (Wildman–Crippen MR) is 54.4 cm³/mol. The fourth-order valence-electron chi connectivity index (χ4n) is 0.889. The van der Waals surface area contributed by atoms with Crippen molar-refractivity contribution in [1.29, 1.82) is 0 Å². The molecule has 0 bridgehead atoms. The number of hydrogen-bond acceptors (Lipinski definition) is 2. The van der Waals surface area contributed by atoms with Gasteiger partial charge in [-0.2, -0.15) is 0 Å². The fourth-order valence-corrected chi connectivity index (χ4v) is 0.889. The number of hydrogen-bond donors (Lipinski definition) is 0. The van der Waals surface area contributed by atoms with Crippen molar-refractivity contribution in [3.63, 3.8) is 0 Å². The fraction of sp³-hybridized carbons (Fsp3) is 0.545. The molecule has 2 heteroatoms. The molecule has 0 aliphatic rings. The van der Waals surface area contributed by atoms with Crippen LogP contribution in [0.4, 0.5) is 0 Å². The molecule has 0 N–H and O–H groups in total. The number of methoxy groups -OCH3 is 1. The lowest BCUT2D eigenvalue weighted by Crippen LogP contribution is -1.92. The lowest BCUT2D eigenvalue weighted by atomic mass is 10.2. The zero-order valence-electron chi connectivity index (χ0n) is 8.45. The maximum absolute atomic E-state index is 10.6. The number of allylic oxidation sites excluding steroid dienone is 3. The quantitative estimate of drug-likeness (QED) is 0.273. The Kier molecular flexibility index (Phi) is 8.31. The van der Waals surface area contributed by atoms with Crippen LogP contribution in [-0.4, -0.2) is 13.1 Å². The molecule has 0 saturated carbocycles. The normalized spacial score (nSPS) is 11.2. The number of ether oxygens (including phenoxy) is 1. The summed E-state index contributed by atoms with van der Waals surface area (Å²) >= 11 is 0. The van der Waals surface area contributed by atoms with E-state index in [2.05, 4.69) is 17.7 Å². The van der Waals surface area contributed by atoms with Gasteiger partial charge in [-0.25, -0.2) is 4.79 Å². The highest BCUT2D eigenvalue weighted by atomic mass is 16.5. The molecule has 0 aromatic carbocycles. The molecule has 0 aromatic rings. The molecular weight excluding hydrogens is 164 g/mol. The molecule has 0 saturated heterocycles. The minimum Gasteiger partial charge on any atom is -0.466 e. The van der Waals surface area contributed by atoms with E-state index in [0.717, 1.165) is 6.42 Å². The van der Waals surface area contributed by atoms with Crippen LogP contribution in [0.5, 0.6) is 0 Å². The largest absolute Gasteiger partial charge is 0.466 e. The van der Waals surface area contributed by atoms with E-state index < -0.39 is 0 Å². The zero-order valence-corrected chi connectivity index (χ0v) is 8.45. The Morgan fingerprint density at radius 1 is 1.31 bits per heavy atom. The Labute approximate surface area is 80.3 Å². The Hall–Kier alpha value is -1.05. The van der Waals surface area contributed by atoms with Gasteiger partial charge in [0.2, 0.25) is 0 Å². The number of carbonyl (C=O) groups excluding carboxylic acids is 1. The second kappa shape index (κ2) is 9.04. The minimum atomic E-state index is -0.307. The van der Waals surface area contributed by atoms with E-state index in [-0.39, 0.29) is 5.97 Å². The van der Waals surface area contributed by atoms with E-state index in [4.69, 9.17) is 0 Å². The van der Waals surface area contributed by atoms with Crippen LogP contribution in [0.15, 0.2) is 24.3 Å². The first-order valence-electron chi connectivity index (χ1n) is 4.72. The smallest absolute Gasteiger partial charge is 0.330 e. The van der Waals surface area contributed by atoms with Gasteiger partial charge in [0.05, 0.1) is 7.11 Å². The number of carbonyl (C=O) groups is 1. The van der Waals surface area contributed by atoms with Gasteiger partial charge in [-0.05, 0) is 12.8 Å². The molecule has 0 aliphatic carbocycles. The first-order chi connectivity index (χ1) is 6.31. The van der Waals surface area contributed by atoms with Crippen LogP contribution < -0.4 is 0 Å². The molecule has 2 nitrogen and oxygen atoms in total. The maximum Gasteiger partial charge on any atom is 0.330 e. The zero-order chi connectivity index (χ0) is 9.94. The van der Waals surface area contributed by atoms with Gasteiger partial charge in [-0.3, -0.25) is 0 Å². The molecule has 0 radical (unpaired) electrons. The van der Waals surface area contributed by atoms with Crippen molar-refractivity contribution in [3.05, 3.63) is 24.3 Å². The lowest BCUT2D eigenvalue weighted by molar-refractivity contribution is -0.134. The SMILES string of the molecule is CCCCCC=CC=CC(=O)OC. The summed E-state index contributed by atoms with van der Waals surface area (Å²) in [6, 6.07) is 0. The Bertz CT molecular complexity index is 181. The molecule has 0 fully saturated rings. The molecule has 13 heavy (non-hydrogen) atoms. The van der Waals surface area contributed by atoms with Gasteiger partial charge in [0.25, 0.3) is 0 Å². The third-order valence-corrected chi connectivity index (χ3v) is 1.66. The summed E-state index contributed by atoms with van der Waals surface area (Å²) in [6.45, 7) is 2.18. The van der Waals surface area contributed by atoms with Crippen molar-refractivity contribution >= 4 is 5.97 Å². The van der Waals surface area contributed by atoms with Gasteiger partial charge in [0.15, 0.2) is 0 Å². The van der Waals surface area contributed by atoms with E-state index >= 15 is 0 Å². The maximum atomic E-state index is 10.6. The van der Waals surface area contributed by atoms with Gasteiger partial charge in [0.1, 0.15) is 0 Å². The van der Waals surface area contributed by atoms with E-state index in [9.17, 15) is 4.79 Å². The van der Waals surface area contributed by atoms with E-state index in [1.54, 1.807) is 6.08 Å². The second-order valence-corrected chi connectivity index (χ2v) is 2.81. The Balaban J connectivity index is 3.40. The van der Waals surface area contributed by atoms with Crippen molar-refractivity contribution < 1.29 is 9.53 Å². The van der Waals surface area contributed by atoms with Crippen LogP contribution in [-0.2, 0) is 9.53 Å². The Morgan fingerprint density at radius 2 is 2.08 bits per heavy atom. The molecule has 0 aromatic heterocycles. The van der Waals surface area contributed by atoms with Crippen molar-refractivity contribution in [1.82, 2.24) is 0 Å². The van der Waals surface area contributed by atoms with E-state index in [0.29, 0.717) is 0 Å². The average Bonchev–Trinajstić information content (AvgIpc) is 2.16. The second-order valence-electron chi connectivity index (χ2n) is 2.81. The van der Waals surface area contributed by atoms with Crippen LogP contribution in [0.2, 0.25) is 0 Å². The van der Waals surface area contributed by atoms with Crippen molar-refractivity contribution in [3.8, 4) is 0 Å². The summed E-state index contributed by atoms with van der Waals surface area (Å²) in [5.74, 6) is -0.307. The highest BCUT2D eigenvalue weighted by Gasteiger charge is 1.86.